The molecule has 3 heterocycles. The Kier molecular flexibility index (Phi) is 16.8. The number of nitrogen functional groups attached to an aromatic ring is 1. The van der Waals surface area contributed by atoms with Gasteiger partial charge in [0.15, 0.2) is 6.10 Å². The second-order valence-corrected chi connectivity index (χ2v) is 17.1. The number of nitrogens with zero attached hydrogens (tertiary/aromatic N) is 5. The summed E-state index contributed by atoms with van der Waals surface area (Å²) in [7, 11) is 5.56. The number of likely N-dealkylation sites (N-methyl/N-ethyl adjacent to an activating group) is 1. The number of fused-ring (bicyclic) bond motifs is 1. The predicted octanol–water partition coefficient (Wildman–Crippen LogP) is 6.62. The smallest absolute Gasteiger partial charge is 0.418 e. The van der Waals surface area contributed by atoms with E-state index in [4.69, 9.17) is 26.8 Å². The third kappa shape index (κ3) is 13.1. The molecule has 0 radical (unpaired) electrons. The molecule has 2 aromatic rings. The number of carbonyl (C=O) groups excluding carboxylic acids is 4. The van der Waals surface area contributed by atoms with Crippen molar-refractivity contribution in [1.82, 2.24) is 24.5 Å². The van der Waals surface area contributed by atoms with Crippen molar-refractivity contribution < 1.29 is 41.8 Å². The average molecular weight is 864 g/mol. The molecular formula is C43H61ClF3N7O6. The van der Waals surface area contributed by atoms with Crippen LogP contribution in [0.25, 0.3) is 0 Å². The number of hydrogen-bond donors (Lipinski definition) is 2. The van der Waals surface area contributed by atoms with Crippen molar-refractivity contribution >= 4 is 47.0 Å². The van der Waals surface area contributed by atoms with E-state index in [9.17, 15) is 32.3 Å². The number of carbonyl (C=O) groups is 4. The quantitative estimate of drug-likeness (QED) is 0.108. The highest BCUT2D eigenvalue weighted by atomic mass is 35.5. The van der Waals surface area contributed by atoms with E-state index in [1.165, 1.54) is 15.9 Å². The van der Waals surface area contributed by atoms with Crippen LogP contribution in [0.1, 0.15) is 68.6 Å². The molecule has 13 nitrogen and oxygen atoms in total. The van der Waals surface area contributed by atoms with Gasteiger partial charge in [-0.2, -0.15) is 13.2 Å². The summed E-state index contributed by atoms with van der Waals surface area (Å²) in [5, 5.41) is 2.67. The van der Waals surface area contributed by atoms with E-state index in [1.54, 1.807) is 11.9 Å². The van der Waals surface area contributed by atoms with Gasteiger partial charge in [0.1, 0.15) is 0 Å². The molecule has 2 aromatic carbocycles. The Hall–Kier alpha value is -4.28. The van der Waals surface area contributed by atoms with E-state index in [2.05, 4.69) is 17.1 Å². The summed E-state index contributed by atoms with van der Waals surface area (Å²) >= 11 is 6.14. The number of likely N-dealkylation sites (tertiary alicyclic amines) is 2. The van der Waals surface area contributed by atoms with Gasteiger partial charge in [-0.25, -0.2) is 9.59 Å². The number of piperidine rings is 2. The topological polar surface area (TPSA) is 141 Å². The molecule has 0 bridgehead atoms. The van der Waals surface area contributed by atoms with E-state index in [1.807, 2.05) is 43.3 Å². The molecule has 1 unspecified atom stereocenters. The van der Waals surface area contributed by atoms with Crippen LogP contribution in [0.2, 0.25) is 5.02 Å². The Morgan fingerprint density at radius 2 is 1.70 bits per heavy atom. The van der Waals surface area contributed by atoms with Crippen LogP contribution in [0.5, 0.6) is 0 Å². The third-order valence-corrected chi connectivity index (χ3v) is 12.4. The summed E-state index contributed by atoms with van der Waals surface area (Å²) in [6, 6.07) is 9.45. The molecule has 4 amide bonds. The molecule has 332 valence electrons. The molecule has 3 aliphatic heterocycles. The molecule has 17 heteroatoms. The fourth-order valence-corrected chi connectivity index (χ4v) is 8.58. The van der Waals surface area contributed by atoms with Gasteiger partial charge in [-0.05, 0) is 113 Å². The number of rotatable bonds is 16. The highest BCUT2D eigenvalue weighted by molar-refractivity contribution is 6.33. The second-order valence-electron chi connectivity index (χ2n) is 16.7. The Bertz CT molecular complexity index is 1790. The van der Waals surface area contributed by atoms with E-state index in [0.29, 0.717) is 64.3 Å². The normalized spacial score (nSPS) is 18.1. The minimum atomic E-state index is -4.79. The summed E-state index contributed by atoms with van der Waals surface area (Å²) in [5.74, 6) is -0.0581. The molecule has 0 aliphatic carbocycles. The first-order chi connectivity index (χ1) is 28.5. The summed E-state index contributed by atoms with van der Waals surface area (Å²) in [6.07, 6.45) is -1.96. The molecule has 2 fully saturated rings. The lowest BCUT2D eigenvalue weighted by molar-refractivity contribution is -0.144. The predicted molar refractivity (Wildman–Crippen MR) is 225 cm³/mol. The average Bonchev–Trinajstić information content (AvgIpc) is 3.38. The Morgan fingerprint density at radius 3 is 2.38 bits per heavy atom. The maximum atomic E-state index is 14.0. The number of amides is 4. The lowest BCUT2D eigenvalue weighted by atomic mass is 9.83. The van der Waals surface area contributed by atoms with Gasteiger partial charge in [-0.1, -0.05) is 36.7 Å². The first kappa shape index (κ1) is 46.8. The van der Waals surface area contributed by atoms with Crippen LogP contribution in [0.15, 0.2) is 36.4 Å². The fraction of sp³-hybridized carbons (Fsp3) is 0.628. The zero-order valence-corrected chi connectivity index (χ0v) is 36.0. The summed E-state index contributed by atoms with van der Waals surface area (Å²) < 4.78 is 52.9. The molecule has 2 saturated heterocycles. The van der Waals surface area contributed by atoms with Gasteiger partial charge in [-0.3, -0.25) is 9.59 Å². The van der Waals surface area contributed by atoms with Crippen molar-refractivity contribution in [3.63, 3.8) is 0 Å². The van der Waals surface area contributed by atoms with Crippen molar-refractivity contribution in [3.05, 3.63) is 58.1 Å². The minimum absolute atomic E-state index is 0.0469. The van der Waals surface area contributed by atoms with Crippen molar-refractivity contribution in [3.8, 4) is 0 Å². The van der Waals surface area contributed by atoms with Crippen molar-refractivity contribution in [2.24, 2.45) is 11.8 Å². The number of nitrogens with two attached hydrogens (primary N) is 1. The number of halogens is 4. The van der Waals surface area contributed by atoms with Crippen LogP contribution in [-0.2, 0) is 38.1 Å². The first-order valence-electron chi connectivity index (χ1n) is 21.0. The van der Waals surface area contributed by atoms with Crippen LogP contribution in [0.3, 0.4) is 0 Å². The van der Waals surface area contributed by atoms with Crippen molar-refractivity contribution in [2.45, 2.75) is 83.0 Å². The van der Waals surface area contributed by atoms with Gasteiger partial charge in [-0.15, -0.1) is 0 Å². The van der Waals surface area contributed by atoms with Crippen LogP contribution < -0.4 is 11.1 Å². The van der Waals surface area contributed by atoms with Crippen LogP contribution in [0.4, 0.5) is 34.1 Å². The number of ether oxygens (including phenoxy) is 2. The summed E-state index contributed by atoms with van der Waals surface area (Å²) in [5.41, 5.74) is 5.81. The number of para-hydroxylation sites is 1. The minimum Gasteiger partial charge on any atom is -0.466 e. The first-order valence-corrected chi connectivity index (χ1v) is 21.4. The van der Waals surface area contributed by atoms with E-state index in [0.717, 1.165) is 56.2 Å². The van der Waals surface area contributed by atoms with Gasteiger partial charge in [0, 0.05) is 64.5 Å². The number of anilines is 2. The molecule has 2 atom stereocenters. The van der Waals surface area contributed by atoms with E-state index >= 15 is 0 Å². The highest BCUT2D eigenvalue weighted by Gasteiger charge is 2.37. The number of alkyl halides is 3. The molecule has 0 aromatic heterocycles. The molecule has 3 aliphatic rings. The van der Waals surface area contributed by atoms with E-state index < -0.39 is 35.5 Å². The lowest BCUT2D eigenvalue weighted by Gasteiger charge is -2.38. The zero-order valence-electron chi connectivity index (χ0n) is 35.3. The molecule has 0 spiro atoms. The number of hydrogen-bond acceptors (Lipinski definition) is 9. The van der Waals surface area contributed by atoms with Crippen molar-refractivity contribution in [1.29, 1.82) is 0 Å². The standard InChI is InChI=1S/C43H61ClF3N7O6/c1-29(31-11-19-52(20-12-31)21-16-38(55)59-25-7-17-50(2)3)10-18-51(4)40(56)37(28-30-26-34(43(45,46)47)39(48)35(44)27-30)60-42(58)53-22-14-33(15-23-53)54-24-13-32-8-5-6-9-36(32)49-41(54)57/h5-6,8-9,26-27,29,31,33,37H,7,10-25,28,48H2,1-4H3,(H,49,57)/t29?,37-/m1/s1. The number of benzene rings is 2. The van der Waals surface area contributed by atoms with Crippen LogP contribution >= 0.6 is 11.6 Å². The molecule has 60 heavy (non-hydrogen) atoms. The maximum absolute atomic E-state index is 14.0. The van der Waals surface area contributed by atoms with Gasteiger partial charge in [0.05, 0.1) is 29.3 Å². The molecule has 0 saturated carbocycles. The lowest BCUT2D eigenvalue weighted by Crippen LogP contribution is -2.51. The SMILES string of the molecule is CC(CCN(C)C(=O)[C@@H](Cc1cc(Cl)c(N)c(C(F)(F)F)c1)OC(=O)N1CCC(N2CCc3ccccc3NC2=O)CC1)C1CCN(CCC(=O)OCCCN(C)C)CC1. The maximum Gasteiger partial charge on any atom is 0.418 e. The number of nitrogens with one attached hydrogen (secondary N) is 1. The number of urea groups is 1. The summed E-state index contributed by atoms with van der Waals surface area (Å²) in [6.45, 7) is 7.19. The van der Waals surface area contributed by atoms with Crippen LogP contribution in [-0.4, -0.2) is 141 Å². The van der Waals surface area contributed by atoms with Gasteiger partial charge >= 0.3 is 24.3 Å². The second kappa shape index (κ2) is 21.5. The molecule has 5 rings (SSSR count). The molecule has 3 N–H and O–H groups in total. The molecular weight excluding hydrogens is 803 g/mol. The fourth-order valence-electron chi connectivity index (χ4n) is 8.34. The van der Waals surface area contributed by atoms with Gasteiger partial charge < -0.3 is 45.0 Å². The number of esters is 1. The van der Waals surface area contributed by atoms with Crippen LogP contribution in [0, 0.1) is 11.8 Å². The van der Waals surface area contributed by atoms with E-state index in [-0.39, 0.29) is 54.1 Å². The summed E-state index contributed by atoms with van der Waals surface area (Å²) in [4.78, 5) is 62.1. The van der Waals surface area contributed by atoms with Gasteiger partial charge in [0.25, 0.3) is 5.91 Å². The van der Waals surface area contributed by atoms with Gasteiger partial charge in [0.2, 0.25) is 0 Å². The third-order valence-electron chi connectivity index (χ3n) is 12.1. The zero-order chi connectivity index (χ0) is 43.6. The Balaban J connectivity index is 1.16. The largest absolute Gasteiger partial charge is 0.466 e. The Morgan fingerprint density at radius 1 is 1.00 bits per heavy atom. The Labute approximate surface area is 356 Å². The van der Waals surface area contributed by atoms with Crippen molar-refractivity contribution in [2.75, 3.05) is 91.2 Å². The highest BCUT2D eigenvalue weighted by Crippen LogP contribution is 2.38. The monoisotopic (exact) mass is 863 g/mol.